The molecule has 2 N–H and O–H groups in total. The Morgan fingerprint density at radius 1 is 1.40 bits per heavy atom. The first-order chi connectivity index (χ1) is 9.83. The molecule has 1 saturated heterocycles. The van der Waals surface area contributed by atoms with Crippen LogP contribution in [0.3, 0.4) is 0 Å². The highest BCUT2D eigenvalue weighted by Gasteiger charge is 2.18. The Kier molecular flexibility index (Phi) is 6.70. The predicted molar refractivity (Wildman–Crippen MR) is 87.4 cm³/mol. The molecule has 0 radical (unpaired) electrons. The SMILES string of the molecule is CCC1CN(CCCOc2ccccc2CN)CCS1. The van der Waals surface area contributed by atoms with E-state index in [0.29, 0.717) is 6.54 Å². The topological polar surface area (TPSA) is 38.5 Å². The summed E-state index contributed by atoms with van der Waals surface area (Å²) in [6.07, 6.45) is 2.36. The number of benzene rings is 1. The third-order valence-electron chi connectivity index (χ3n) is 3.75. The molecule has 1 fully saturated rings. The monoisotopic (exact) mass is 294 g/mol. The normalized spacial score (nSPS) is 20.0. The highest BCUT2D eigenvalue weighted by atomic mass is 32.2. The van der Waals surface area contributed by atoms with Crippen molar-refractivity contribution >= 4 is 11.8 Å². The Labute approximate surface area is 126 Å². The molecule has 1 aliphatic rings. The van der Waals surface area contributed by atoms with Crippen LogP contribution in [-0.2, 0) is 6.54 Å². The summed E-state index contributed by atoms with van der Waals surface area (Å²) in [6.45, 7) is 7.20. The molecular weight excluding hydrogens is 268 g/mol. The maximum atomic E-state index is 5.86. The lowest BCUT2D eigenvalue weighted by molar-refractivity contribution is 0.237. The highest BCUT2D eigenvalue weighted by Crippen LogP contribution is 2.21. The smallest absolute Gasteiger partial charge is 0.123 e. The van der Waals surface area contributed by atoms with E-state index in [1.54, 1.807) is 0 Å². The van der Waals surface area contributed by atoms with E-state index in [1.807, 2.05) is 24.3 Å². The molecule has 0 aliphatic carbocycles. The first kappa shape index (κ1) is 15.7. The Morgan fingerprint density at radius 2 is 2.25 bits per heavy atom. The van der Waals surface area contributed by atoms with Crippen LogP contribution in [0.4, 0.5) is 0 Å². The van der Waals surface area contributed by atoms with Crippen molar-refractivity contribution in [2.45, 2.75) is 31.6 Å². The molecule has 0 spiro atoms. The molecular formula is C16H26N2OS. The molecule has 0 amide bonds. The van der Waals surface area contributed by atoms with Crippen LogP contribution in [0.5, 0.6) is 5.75 Å². The first-order valence-corrected chi connectivity index (χ1v) is 8.63. The third-order valence-corrected chi connectivity index (χ3v) is 5.12. The van der Waals surface area contributed by atoms with Crippen LogP contribution in [0.2, 0.25) is 0 Å². The fourth-order valence-electron chi connectivity index (χ4n) is 2.51. The van der Waals surface area contributed by atoms with Crippen molar-refractivity contribution < 1.29 is 4.74 Å². The van der Waals surface area contributed by atoms with Crippen LogP contribution in [0.1, 0.15) is 25.3 Å². The summed E-state index contributed by atoms with van der Waals surface area (Å²) >= 11 is 2.12. The van der Waals surface area contributed by atoms with Gasteiger partial charge in [-0.05, 0) is 18.9 Å². The molecule has 0 saturated carbocycles. The lowest BCUT2D eigenvalue weighted by Crippen LogP contribution is -2.38. The molecule has 1 aromatic carbocycles. The van der Waals surface area contributed by atoms with Gasteiger partial charge in [0.15, 0.2) is 0 Å². The van der Waals surface area contributed by atoms with Crippen LogP contribution >= 0.6 is 11.8 Å². The maximum absolute atomic E-state index is 5.86. The molecule has 2 rings (SSSR count). The molecule has 112 valence electrons. The minimum Gasteiger partial charge on any atom is -0.493 e. The number of hydrogen-bond donors (Lipinski definition) is 1. The maximum Gasteiger partial charge on any atom is 0.123 e. The largest absolute Gasteiger partial charge is 0.493 e. The summed E-state index contributed by atoms with van der Waals surface area (Å²) in [5.41, 5.74) is 6.80. The zero-order valence-corrected chi connectivity index (χ0v) is 13.2. The second-order valence-electron chi connectivity index (χ2n) is 5.22. The Balaban J connectivity index is 1.68. The average Bonchev–Trinajstić information content (AvgIpc) is 2.52. The molecule has 0 aromatic heterocycles. The quantitative estimate of drug-likeness (QED) is 0.785. The molecule has 1 unspecified atom stereocenters. The van der Waals surface area contributed by atoms with Gasteiger partial charge in [-0.1, -0.05) is 25.1 Å². The first-order valence-electron chi connectivity index (χ1n) is 7.58. The number of ether oxygens (including phenoxy) is 1. The van der Waals surface area contributed by atoms with Gasteiger partial charge in [0.25, 0.3) is 0 Å². The van der Waals surface area contributed by atoms with Gasteiger partial charge in [0.1, 0.15) is 5.75 Å². The van der Waals surface area contributed by atoms with Crippen molar-refractivity contribution in [2.24, 2.45) is 5.73 Å². The number of nitrogens with zero attached hydrogens (tertiary/aromatic N) is 1. The molecule has 4 heteroatoms. The summed E-state index contributed by atoms with van der Waals surface area (Å²) in [7, 11) is 0. The van der Waals surface area contributed by atoms with Gasteiger partial charge >= 0.3 is 0 Å². The van der Waals surface area contributed by atoms with E-state index in [0.717, 1.165) is 36.1 Å². The average molecular weight is 294 g/mol. The fraction of sp³-hybridized carbons (Fsp3) is 0.625. The number of nitrogens with two attached hydrogens (primary N) is 1. The van der Waals surface area contributed by atoms with Crippen LogP contribution in [0.15, 0.2) is 24.3 Å². The minimum atomic E-state index is 0.539. The summed E-state index contributed by atoms with van der Waals surface area (Å²) in [6, 6.07) is 8.05. The number of hydrogen-bond acceptors (Lipinski definition) is 4. The van der Waals surface area contributed by atoms with Gasteiger partial charge in [0.05, 0.1) is 6.61 Å². The van der Waals surface area contributed by atoms with Gasteiger partial charge in [0, 0.05) is 42.7 Å². The molecule has 1 atom stereocenters. The van der Waals surface area contributed by atoms with E-state index in [4.69, 9.17) is 10.5 Å². The van der Waals surface area contributed by atoms with Gasteiger partial charge in [-0.2, -0.15) is 11.8 Å². The van der Waals surface area contributed by atoms with Gasteiger partial charge in [-0.15, -0.1) is 0 Å². The van der Waals surface area contributed by atoms with E-state index >= 15 is 0 Å². The van der Waals surface area contributed by atoms with Crippen LogP contribution < -0.4 is 10.5 Å². The Bertz CT molecular complexity index is 400. The fourth-order valence-corrected chi connectivity index (χ4v) is 3.76. The van der Waals surface area contributed by atoms with Crippen LogP contribution in [0.25, 0.3) is 0 Å². The summed E-state index contributed by atoms with van der Waals surface area (Å²) in [5.74, 6) is 2.21. The van der Waals surface area contributed by atoms with Gasteiger partial charge in [-0.25, -0.2) is 0 Å². The van der Waals surface area contributed by atoms with E-state index in [1.165, 1.54) is 25.3 Å². The standard InChI is InChI=1S/C16H26N2OS/c1-2-15-13-18(9-11-20-15)8-5-10-19-16-7-4-3-6-14(16)12-17/h3-4,6-7,15H,2,5,8-13,17H2,1H3. The summed E-state index contributed by atoms with van der Waals surface area (Å²) < 4.78 is 5.86. The molecule has 20 heavy (non-hydrogen) atoms. The second kappa shape index (κ2) is 8.55. The minimum absolute atomic E-state index is 0.539. The number of para-hydroxylation sites is 1. The third kappa shape index (κ3) is 4.69. The molecule has 0 bridgehead atoms. The molecule has 1 aromatic rings. The Morgan fingerprint density at radius 3 is 3.05 bits per heavy atom. The van der Waals surface area contributed by atoms with E-state index in [-0.39, 0.29) is 0 Å². The second-order valence-corrected chi connectivity index (χ2v) is 6.62. The van der Waals surface area contributed by atoms with E-state index < -0.39 is 0 Å². The molecule has 1 heterocycles. The van der Waals surface area contributed by atoms with Gasteiger partial charge in [0.2, 0.25) is 0 Å². The molecule has 1 aliphatic heterocycles. The van der Waals surface area contributed by atoms with Crippen molar-refractivity contribution in [3.63, 3.8) is 0 Å². The van der Waals surface area contributed by atoms with Crippen molar-refractivity contribution in [3.8, 4) is 5.75 Å². The van der Waals surface area contributed by atoms with Crippen molar-refractivity contribution in [1.29, 1.82) is 0 Å². The number of rotatable bonds is 7. The summed E-state index contributed by atoms with van der Waals surface area (Å²) in [5, 5.41) is 0.822. The molecule has 3 nitrogen and oxygen atoms in total. The Hall–Kier alpha value is -0.710. The highest BCUT2D eigenvalue weighted by molar-refractivity contribution is 8.00. The predicted octanol–water partition coefficient (Wildman–Crippen LogP) is 2.74. The van der Waals surface area contributed by atoms with E-state index in [9.17, 15) is 0 Å². The zero-order chi connectivity index (χ0) is 14.2. The van der Waals surface area contributed by atoms with Crippen molar-refractivity contribution in [2.75, 3.05) is 32.0 Å². The van der Waals surface area contributed by atoms with Crippen LogP contribution in [0, 0.1) is 0 Å². The lowest BCUT2D eigenvalue weighted by Gasteiger charge is -2.31. The van der Waals surface area contributed by atoms with Crippen LogP contribution in [-0.4, -0.2) is 42.1 Å². The number of thioether (sulfide) groups is 1. The van der Waals surface area contributed by atoms with E-state index in [2.05, 4.69) is 23.6 Å². The lowest BCUT2D eigenvalue weighted by atomic mass is 10.2. The summed E-state index contributed by atoms with van der Waals surface area (Å²) in [4.78, 5) is 2.57. The zero-order valence-electron chi connectivity index (χ0n) is 12.4. The van der Waals surface area contributed by atoms with Crippen molar-refractivity contribution in [3.05, 3.63) is 29.8 Å². The van der Waals surface area contributed by atoms with Crippen molar-refractivity contribution in [1.82, 2.24) is 4.90 Å². The van der Waals surface area contributed by atoms with Gasteiger partial charge in [-0.3, -0.25) is 0 Å². The van der Waals surface area contributed by atoms with Gasteiger partial charge < -0.3 is 15.4 Å².